The fourth-order valence-corrected chi connectivity index (χ4v) is 4.06. The van der Waals surface area contributed by atoms with E-state index in [0.29, 0.717) is 4.75 Å². The first kappa shape index (κ1) is 8.81. The minimum Gasteiger partial charge on any atom is -0.242 e. The highest BCUT2D eigenvalue weighted by molar-refractivity contribution is 7.99. The van der Waals surface area contributed by atoms with Crippen LogP contribution in [0.1, 0.15) is 24.0 Å². The quantitative estimate of drug-likeness (QED) is 0.633. The molecule has 14 heavy (non-hydrogen) atoms. The van der Waals surface area contributed by atoms with Crippen LogP contribution in [0.5, 0.6) is 0 Å². The summed E-state index contributed by atoms with van der Waals surface area (Å²) in [5, 5.41) is 4.46. The van der Waals surface area contributed by atoms with Crippen molar-refractivity contribution < 1.29 is 0 Å². The maximum absolute atomic E-state index is 4.46. The molecule has 1 radical (unpaired) electrons. The number of nitrogens with zero attached hydrogens (tertiary/aromatic N) is 1. The van der Waals surface area contributed by atoms with Crippen molar-refractivity contribution in [3.63, 3.8) is 0 Å². The molecule has 0 amide bonds. The van der Waals surface area contributed by atoms with Gasteiger partial charge in [0.25, 0.3) is 0 Å². The van der Waals surface area contributed by atoms with E-state index in [2.05, 4.69) is 41.3 Å². The smallest absolute Gasteiger partial charge is 0.0440 e. The Labute approximate surface area is 89.3 Å². The van der Waals surface area contributed by atoms with Gasteiger partial charge < -0.3 is 0 Å². The second-order valence-corrected chi connectivity index (χ2v) is 5.47. The number of thioether (sulfide) groups is 1. The van der Waals surface area contributed by atoms with E-state index >= 15 is 0 Å². The first-order valence-corrected chi connectivity index (χ1v) is 6.25. The van der Waals surface area contributed by atoms with Gasteiger partial charge in [0.1, 0.15) is 0 Å². The van der Waals surface area contributed by atoms with Crippen molar-refractivity contribution in [2.45, 2.75) is 23.3 Å². The van der Waals surface area contributed by atoms with E-state index in [1.165, 1.54) is 18.6 Å². The molecular weight excluding hydrogens is 190 g/mol. The molecule has 0 aromatic heterocycles. The van der Waals surface area contributed by atoms with Crippen molar-refractivity contribution in [2.75, 3.05) is 13.1 Å². The molecule has 0 atom stereocenters. The Balaban J connectivity index is 2.03. The molecule has 0 bridgehead atoms. The van der Waals surface area contributed by atoms with Gasteiger partial charge in [-0.15, -0.1) is 11.8 Å². The lowest BCUT2D eigenvalue weighted by atomic mass is 9.87. The van der Waals surface area contributed by atoms with E-state index in [9.17, 15) is 0 Å². The second-order valence-electron chi connectivity index (χ2n) is 4.11. The second kappa shape index (κ2) is 3.28. The molecular formula is C12H14NS. The van der Waals surface area contributed by atoms with Gasteiger partial charge in [-0.2, -0.15) is 0 Å². The molecule has 0 unspecified atom stereocenters. The predicted octanol–water partition coefficient (Wildman–Crippen LogP) is 2.53. The monoisotopic (exact) mass is 204 g/mol. The maximum atomic E-state index is 4.46. The Morgan fingerprint density at radius 2 is 1.93 bits per heavy atom. The third kappa shape index (κ3) is 1.21. The van der Waals surface area contributed by atoms with E-state index in [1.807, 2.05) is 0 Å². The summed E-state index contributed by atoms with van der Waals surface area (Å²) in [5.41, 5.74) is 3.15. The molecule has 3 rings (SSSR count). The highest BCUT2D eigenvalue weighted by Gasteiger charge is 2.40. The predicted molar refractivity (Wildman–Crippen MR) is 60.5 cm³/mol. The van der Waals surface area contributed by atoms with E-state index in [-0.39, 0.29) is 0 Å². The van der Waals surface area contributed by atoms with Crippen LogP contribution in [-0.2, 0) is 10.5 Å². The molecule has 1 saturated heterocycles. The van der Waals surface area contributed by atoms with Gasteiger partial charge >= 0.3 is 0 Å². The van der Waals surface area contributed by atoms with Crippen LogP contribution in [0.3, 0.4) is 0 Å². The number of piperidine rings is 1. The molecule has 1 nitrogen and oxygen atoms in total. The SMILES string of the molecule is c1ccc2c(c1)CSC21CC[N]CC1. The van der Waals surface area contributed by atoms with Crippen LogP contribution in [0.2, 0.25) is 0 Å². The van der Waals surface area contributed by atoms with E-state index in [0.717, 1.165) is 13.1 Å². The fourth-order valence-electron chi connectivity index (χ4n) is 2.55. The molecule has 2 aliphatic heterocycles. The maximum Gasteiger partial charge on any atom is 0.0440 e. The molecule has 1 spiro atoms. The van der Waals surface area contributed by atoms with Gasteiger partial charge in [-0.05, 0) is 24.0 Å². The van der Waals surface area contributed by atoms with Crippen molar-refractivity contribution in [1.29, 1.82) is 0 Å². The fraction of sp³-hybridized carbons (Fsp3) is 0.500. The van der Waals surface area contributed by atoms with Crippen LogP contribution in [0, 0.1) is 0 Å². The van der Waals surface area contributed by atoms with Gasteiger partial charge in [-0.3, -0.25) is 0 Å². The Bertz CT molecular complexity index is 336. The average Bonchev–Trinajstić information content (AvgIpc) is 2.60. The summed E-state index contributed by atoms with van der Waals surface area (Å²) in [6.45, 7) is 2.11. The Hall–Kier alpha value is -0.470. The molecule has 2 aliphatic rings. The standard InChI is InChI=1S/C12H14NS/c1-2-4-11-10(3-1)9-14-12(11)5-7-13-8-6-12/h1-4H,5-9H2. The first-order valence-electron chi connectivity index (χ1n) is 5.26. The lowest BCUT2D eigenvalue weighted by Crippen LogP contribution is -2.32. The molecule has 0 aliphatic carbocycles. The van der Waals surface area contributed by atoms with Gasteiger partial charge in [0.05, 0.1) is 0 Å². The third-order valence-electron chi connectivity index (χ3n) is 3.36. The lowest BCUT2D eigenvalue weighted by Gasteiger charge is -2.33. The average molecular weight is 204 g/mol. The highest BCUT2D eigenvalue weighted by atomic mass is 32.2. The van der Waals surface area contributed by atoms with Crippen molar-refractivity contribution in [3.8, 4) is 0 Å². The summed E-state index contributed by atoms with van der Waals surface area (Å²) < 4.78 is 0.429. The van der Waals surface area contributed by atoms with E-state index in [4.69, 9.17) is 0 Å². The Morgan fingerprint density at radius 3 is 2.79 bits per heavy atom. The normalized spacial score (nSPS) is 23.7. The molecule has 0 saturated carbocycles. The summed E-state index contributed by atoms with van der Waals surface area (Å²) >= 11 is 2.13. The van der Waals surface area contributed by atoms with Crippen LogP contribution in [0.4, 0.5) is 0 Å². The van der Waals surface area contributed by atoms with Gasteiger partial charge in [-0.1, -0.05) is 24.3 Å². The molecule has 2 heterocycles. The van der Waals surface area contributed by atoms with Crippen molar-refractivity contribution in [2.24, 2.45) is 0 Å². The van der Waals surface area contributed by atoms with Crippen LogP contribution in [0.25, 0.3) is 0 Å². The Morgan fingerprint density at radius 1 is 1.14 bits per heavy atom. The van der Waals surface area contributed by atoms with Crippen LogP contribution in [0.15, 0.2) is 24.3 Å². The zero-order chi connectivity index (χ0) is 9.43. The molecule has 73 valence electrons. The molecule has 1 fully saturated rings. The third-order valence-corrected chi connectivity index (χ3v) is 5.00. The summed E-state index contributed by atoms with van der Waals surface area (Å²) in [4.78, 5) is 0. The van der Waals surface area contributed by atoms with Crippen LogP contribution >= 0.6 is 11.8 Å². The van der Waals surface area contributed by atoms with Gasteiger partial charge in [0.15, 0.2) is 0 Å². The zero-order valence-corrected chi connectivity index (χ0v) is 9.02. The Kier molecular flexibility index (Phi) is 2.06. The van der Waals surface area contributed by atoms with Crippen LogP contribution in [-0.4, -0.2) is 13.1 Å². The summed E-state index contributed by atoms with van der Waals surface area (Å²) in [6.07, 6.45) is 2.49. The minimum absolute atomic E-state index is 0.429. The van der Waals surface area contributed by atoms with Crippen molar-refractivity contribution >= 4 is 11.8 Å². The largest absolute Gasteiger partial charge is 0.242 e. The van der Waals surface area contributed by atoms with Gasteiger partial charge in [0, 0.05) is 23.6 Å². The van der Waals surface area contributed by atoms with Crippen molar-refractivity contribution in [1.82, 2.24) is 5.32 Å². The number of hydrogen-bond donors (Lipinski definition) is 0. The first-order chi connectivity index (χ1) is 6.91. The molecule has 0 N–H and O–H groups in total. The highest BCUT2D eigenvalue weighted by Crippen LogP contribution is 2.52. The summed E-state index contributed by atoms with van der Waals surface area (Å²) in [6, 6.07) is 8.94. The number of fused-ring (bicyclic) bond motifs is 2. The van der Waals surface area contributed by atoms with Gasteiger partial charge in [0.2, 0.25) is 0 Å². The number of benzene rings is 1. The number of hydrogen-bond acceptors (Lipinski definition) is 1. The van der Waals surface area contributed by atoms with Gasteiger partial charge in [-0.25, -0.2) is 5.32 Å². The van der Waals surface area contributed by atoms with Crippen molar-refractivity contribution in [3.05, 3.63) is 35.4 Å². The molecule has 1 aromatic carbocycles. The molecule has 2 heteroatoms. The molecule has 1 aromatic rings. The minimum atomic E-state index is 0.429. The van der Waals surface area contributed by atoms with E-state index < -0.39 is 0 Å². The van der Waals surface area contributed by atoms with Crippen LogP contribution < -0.4 is 5.32 Å². The lowest BCUT2D eigenvalue weighted by molar-refractivity contribution is 0.421. The summed E-state index contributed by atoms with van der Waals surface area (Å²) in [5.74, 6) is 1.20. The number of rotatable bonds is 0. The topological polar surface area (TPSA) is 14.1 Å². The zero-order valence-electron chi connectivity index (χ0n) is 8.20. The van der Waals surface area contributed by atoms with E-state index in [1.54, 1.807) is 11.1 Å². The summed E-state index contributed by atoms with van der Waals surface area (Å²) in [7, 11) is 0.